The average molecular weight is 565 g/mol. The first-order valence-electron chi connectivity index (χ1n) is 12.2. The molecular weight excluding hydrogens is 541 g/mol. The molecule has 1 heterocycles. The minimum Gasteiger partial charge on any atom is -0.481 e. The Morgan fingerprint density at radius 3 is 2.07 bits per heavy atom. The maximum Gasteiger partial charge on any atom is 0.349 e. The molecule has 0 atom stereocenters. The first-order valence-corrected chi connectivity index (χ1v) is 12.2. The number of methoxy groups -OCH3 is 1. The minimum absolute atomic E-state index is 0.184. The monoisotopic (exact) mass is 564 g/mol. The fourth-order valence-electron chi connectivity index (χ4n) is 4.26. The molecule has 11 heteroatoms. The molecule has 1 aromatic heterocycles. The van der Waals surface area contributed by atoms with Crippen LogP contribution in [-0.4, -0.2) is 35.1 Å². The molecule has 0 radical (unpaired) electrons. The van der Waals surface area contributed by atoms with E-state index in [1.807, 2.05) is 24.3 Å². The van der Waals surface area contributed by atoms with Gasteiger partial charge in [0.05, 0.1) is 12.8 Å². The molecule has 3 aromatic carbocycles. The number of esters is 2. The predicted molar refractivity (Wildman–Crippen MR) is 141 cm³/mol. The van der Waals surface area contributed by atoms with Crippen LogP contribution < -0.4 is 10.1 Å². The maximum absolute atomic E-state index is 16.0. The highest BCUT2D eigenvalue weighted by Crippen LogP contribution is 2.36. The third-order valence-corrected chi connectivity index (χ3v) is 6.10. The van der Waals surface area contributed by atoms with Gasteiger partial charge in [-0.25, -0.2) is 18.0 Å². The number of carboxylic acid groups (broad SMARTS) is 1. The second kappa shape index (κ2) is 12.8. The van der Waals surface area contributed by atoms with E-state index in [1.165, 1.54) is 0 Å². The summed E-state index contributed by atoms with van der Waals surface area (Å²) < 4.78 is 53.9. The number of hydrogen-bond acceptors (Lipinski definition) is 7. The van der Waals surface area contributed by atoms with Gasteiger partial charge in [0.1, 0.15) is 29.4 Å². The Morgan fingerprint density at radius 1 is 0.927 bits per heavy atom. The average Bonchev–Trinajstić information content (AvgIpc) is 2.94. The van der Waals surface area contributed by atoms with E-state index < -0.39 is 65.0 Å². The summed E-state index contributed by atoms with van der Waals surface area (Å²) in [4.78, 5) is 40.4. The maximum atomic E-state index is 16.0. The second-order valence-corrected chi connectivity index (χ2v) is 8.80. The lowest BCUT2D eigenvalue weighted by molar-refractivity contribution is -0.147. The van der Waals surface area contributed by atoms with Crippen LogP contribution in [0, 0.1) is 17.5 Å². The second-order valence-electron chi connectivity index (χ2n) is 8.80. The molecule has 0 fully saturated rings. The standard InChI is InChI=1S/C30H23F3N2O6/c1-40-29-27(33)21(15-20(17-8-4-2-5-9-17)18-10-6-3-7-11-18)26(30(39)41-25(38)16-24(36)37)28(35-29)34-23-13-12-19(31)14-22(23)32/h2-14,20H,15-16H2,1H3,(H,34,35)(H,36,37). The van der Waals surface area contributed by atoms with Gasteiger partial charge in [0.25, 0.3) is 5.88 Å². The molecule has 4 rings (SSSR count). The summed E-state index contributed by atoms with van der Waals surface area (Å²) in [5, 5.41) is 11.5. The van der Waals surface area contributed by atoms with E-state index in [4.69, 9.17) is 14.6 Å². The minimum atomic E-state index is -1.55. The first kappa shape index (κ1) is 28.8. The van der Waals surface area contributed by atoms with E-state index in [1.54, 1.807) is 36.4 Å². The summed E-state index contributed by atoms with van der Waals surface area (Å²) >= 11 is 0. The van der Waals surface area contributed by atoms with Gasteiger partial charge in [0.15, 0.2) is 5.82 Å². The van der Waals surface area contributed by atoms with Crippen LogP contribution in [0.4, 0.5) is 24.7 Å². The van der Waals surface area contributed by atoms with Crippen molar-refractivity contribution in [3.8, 4) is 5.88 Å². The SMILES string of the molecule is COc1nc(Nc2ccc(F)cc2F)c(C(=O)OC(=O)CC(=O)O)c(CC(c2ccccc2)c2ccccc2)c1F. The molecular formula is C30H23F3N2O6. The van der Waals surface area contributed by atoms with E-state index in [0.29, 0.717) is 6.07 Å². The van der Waals surface area contributed by atoms with Crippen molar-refractivity contribution in [2.45, 2.75) is 18.8 Å². The topological polar surface area (TPSA) is 115 Å². The normalized spacial score (nSPS) is 10.8. The van der Waals surface area contributed by atoms with Crippen molar-refractivity contribution < 1.29 is 42.1 Å². The number of benzene rings is 3. The largest absolute Gasteiger partial charge is 0.481 e. The van der Waals surface area contributed by atoms with Gasteiger partial charge in [-0.05, 0) is 29.7 Å². The van der Waals surface area contributed by atoms with Gasteiger partial charge in [-0.2, -0.15) is 4.98 Å². The Hall–Kier alpha value is -5.19. The summed E-state index contributed by atoms with van der Waals surface area (Å²) in [6.07, 6.45) is -1.32. The van der Waals surface area contributed by atoms with Crippen molar-refractivity contribution in [2.75, 3.05) is 12.4 Å². The Bertz CT molecular complexity index is 1540. The van der Waals surface area contributed by atoms with E-state index in [9.17, 15) is 23.2 Å². The molecule has 0 saturated carbocycles. The van der Waals surface area contributed by atoms with Crippen LogP contribution in [0.15, 0.2) is 78.9 Å². The summed E-state index contributed by atoms with van der Waals surface area (Å²) in [5.41, 5.74) is 0.297. The molecule has 0 bridgehead atoms. The zero-order chi connectivity index (χ0) is 29.5. The number of carboxylic acids is 1. The zero-order valence-corrected chi connectivity index (χ0v) is 21.6. The van der Waals surface area contributed by atoms with Crippen molar-refractivity contribution in [1.29, 1.82) is 0 Å². The number of pyridine rings is 1. The quantitative estimate of drug-likeness (QED) is 0.184. The number of aromatic nitrogens is 1. The van der Waals surface area contributed by atoms with Gasteiger partial charge in [-0.1, -0.05) is 60.7 Å². The summed E-state index contributed by atoms with van der Waals surface area (Å²) in [7, 11) is 1.14. The smallest absolute Gasteiger partial charge is 0.349 e. The predicted octanol–water partition coefficient (Wildman–Crippen LogP) is 5.78. The molecule has 0 saturated heterocycles. The van der Waals surface area contributed by atoms with Gasteiger partial charge in [-0.3, -0.25) is 9.59 Å². The number of anilines is 2. The molecule has 8 nitrogen and oxygen atoms in total. The number of carbonyl (C=O) groups excluding carboxylic acids is 2. The number of halogens is 3. The fraction of sp³-hybridized carbons (Fsp3) is 0.133. The first-order chi connectivity index (χ1) is 19.7. The van der Waals surface area contributed by atoms with Crippen LogP contribution in [0.2, 0.25) is 0 Å². The number of carbonyl (C=O) groups is 3. The number of ether oxygens (including phenoxy) is 2. The molecule has 0 spiro atoms. The lowest BCUT2D eigenvalue weighted by Crippen LogP contribution is -2.21. The van der Waals surface area contributed by atoms with Crippen molar-refractivity contribution in [3.05, 3.63) is 119 Å². The molecule has 2 N–H and O–H groups in total. The molecule has 0 aliphatic heterocycles. The van der Waals surface area contributed by atoms with Crippen molar-refractivity contribution in [1.82, 2.24) is 4.98 Å². The van der Waals surface area contributed by atoms with Crippen molar-refractivity contribution >= 4 is 29.4 Å². The Kier molecular flexibility index (Phi) is 8.98. The number of hydrogen-bond donors (Lipinski definition) is 2. The van der Waals surface area contributed by atoms with Gasteiger partial charge in [0.2, 0.25) is 0 Å². The molecule has 210 valence electrons. The molecule has 0 amide bonds. The van der Waals surface area contributed by atoms with Gasteiger partial charge >= 0.3 is 17.9 Å². The van der Waals surface area contributed by atoms with E-state index in [-0.39, 0.29) is 17.7 Å². The van der Waals surface area contributed by atoms with Crippen LogP contribution in [0.1, 0.15) is 39.4 Å². The molecule has 0 unspecified atom stereocenters. The molecule has 0 aliphatic rings. The summed E-state index contributed by atoms with van der Waals surface area (Å²) in [6, 6.07) is 20.6. The molecule has 4 aromatic rings. The van der Waals surface area contributed by atoms with Crippen molar-refractivity contribution in [3.63, 3.8) is 0 Å². The van der Waals surface area contributed by atoms with Crippen LogP contribution in [0.3, 0.4) is 0 Å². The van der Waals surface area contributed by atoms with Crippen LogP contribution in [-0.2, 0) is 20.7 Å². The highest BCUT2D eigenvalue weighted by molar-refractivity contribution is 6.04. The Balaban J connectivity index is 1.91. The molecule has 41 heavy (non-hydrogen) atoms. The Labute approximate surface area is 232 Å². The summed E-state index contributed by atoms with van der Waals surface area (Å²) in [5.74, 6) is -8.91. The van der Waals surface area contributed by atoms with E-state index in [0.717, 1.165) is 30.4 Å². The number of aliphatic carboxylic acids is 1. The Morgan fingerprint density at radius 2 is 1.54 bits per heavy atom. The van der Waals surface area contributed by atoms with Crippen LogP contribution >= 0.6 is 0 Å². The molecule has 0 aliphatic carbocycles. The van der Waals surface area contributed by atoms with E-state index >= 15 is 4.39 Å². The third kappa shape index (κ3) is 6.88. The fourth-order valence-corrected chi connectivity index (χ4v) is 4.26. The lowest BCUT2D eigenvalue weighted by atomic mass is 9.84. The number of rotatable bonds is 10. The third-order valence-electron chi connectivity index (χ3n) is 6.10. The summed E-state index contributed by atoms with van der Waals surface area (Å²) in [6.45, 7) is 0. The zero-order valence-electron chi connectivity index (χ0n) is 21.6. The van der Waals surface area contributed by atoms with Crippen molar-refractivity contribution in [2.24, 2.45) is 0 Å². The lowest BCUT2D eigenvalue weighted by Gasteiger charge is -2.22. The van der Waals surface area contributed by atoms with E-state index in [2.05, 4.69) is 10.3 Å². The van der Waals surface area contributed by atoms with Gasteiger partial charge in [-0.15, -0.1) is 0 Å². The number of nitrogens with one attached hydrogen (secondary N) is 1. The number of nitrogens with zero attached hydrogens (tertiary/aromatic N) is 1. The van der Waals surface area contributed by atoms with Crippen LogP contribution in [0.25, 0.3) is 0 Å². The van der Waals surface area contributed by atoms with Crippen LogP contribution in [0.5, 0.6) is 5.88 Å². The van der Waals surface area contributed by atoms with Gasteiger partial charge < -0.3 is 19.9 Å². The highest BCUT2D eigenvalue weighted by atomic mass is 19.1. The van der Waals surface area contributed by atoms with Gasteiger partial charge in [0, 0.05) is 17.5 Å². The highest BCUT2D eigenvalue weighted by Gasteiger charge is 2.31.